The Labute approximate surface area is 73.4 Å². The summed E-state index contributed by atoms with van der Waals surface area (Å²) in [7, 11) is 0. The lowest BCUT2D eigenvalue weighted by molar-refractivity contribution is -0.319. The van der Waals surface area contributed by atoms with E-state index in [2.05, 4.69) is 4.74 Å². The quantitative estimate of drug-likeness (QED) is 0.307. The Bertz CT molecular complexity index is 190. The molecule has 1 aliphatic heterocycles. The first-order chi connectivity index (χ1) is 5.91. The van der Waals surface area contributed by atoms with Crippen molar-refractivity contribution in [1.29, 1.82) is 0 Å². The van der Waals surface area contributed by atoms with Gasteiger partial charge in [0, 0.05) is 0 Å². The minimum Gasteiger partial charge on any atom is -0.394 e. The molecule has 0 radical (unpaired) electrons. The topological polar surface area (TPSA) is 116 Å². The Kier molecular flexibility index (Phi) is 2.85. The molecule has 7 heteroatoms. The van der Waals surface area contributed by atoms with E-state index in [0.29, 0.717) is 0 Å². The van der Waals surface area contributed by atoms with Gasteiger partial charge in [0.2, 0.25) is 0 Å². The van der Waals surface area contributed by atoms with Crippen molar-refractivity contribution in [2.24, 2.45) is 5.73 Å². The molecule has 0 aromatic carbocycles. The van der Waals surface area contributed by atoms with Gasteiger partial charge in [0.1, 0.15) is 18.2 Å². The first kappa shape index (κ1) is 10.8. The number of nitrogens with two attached hydrogens (primary N) is 1. The predicted octanol–water partition coefficient (Wildman–Crippen LogP) is -2.96. The average Bonchev–Trinajstić information content (AvgIpc) is 2.09. The summed E-state index contributed by atoms with van der Waals surface area (Å²) >= 11 is 0. The lowest BCUT2D eigenvalue weighted by Crippen LogP contribution is -2.67. The second kappa shape index (κ2) is 3.45. The number of halogens is 1. The van der Waals surface area contributed by atoms with Gasteiger partial charge in [0.05, 0.1) is 6.61 Å². The van der Waals surface area contributed by atoms with Gasteiger partial charge in [0.25, 0.3) is 5.85 Å². The summed E-state index contributed by atoms with van der Waals surface area (Å²) in [5, 5.41) is 35.6. The monoisotopic (exact) mass is 197 g/mol. The molecule has 0 spiro atoms. The minimum absolute atomic E-state index is 0.725. The lowest BCUT2D eigenvalue weighted by Gasteiger charge is -2.41. The molecule has 78 valence electrons. The first-order valence-electron chi connectivity index (χ1n) is 3.70. The molecule has 1 aliphatic rings. The van der Waals surface area contributed by atoms with Crippen LogP contribution in [0, 0.1) is 0 Å². The van der Waals surface area contributed by atoms with Crippen molar-refractivity contribution in [3.05, 3.63) is 0 Å². The van der Waals surface area contributed by atoms with E-state index >= 15 is 0 Å². The van der Waals surface area contributed by atoms with Gasteiger partial charge >= 0.3 is 0 Å². The average molecular weight is 197 g/mol. The number of hydrogen-bond acceptors (Lipinski definition) is 6. The van der Waals surface area contributed by atoms with Crippen molar-refractivity contribution in [3.8, 4) is 0 Å². The van der Waals surface area contributed by atoms with Crippen LogP contribution in [-0.4, -0.2) is 57.4 Å². The van der Waals surface area contributed by atoms with Crippen LogP contribution in [0.4, 0.5) is 4.39 Å². The fourth-order valence-corrected chi connectivity index (χ4v) is 1.14. The highest BCUT2D eigenvalue weighted by molar-refractivity contribution is 4.96. The number of alkyl halides is 1. The van der Waals surface area contributed by atoms with E-state index in [0.717, 1.165) is 0 Å². The maximum atomic E-state index is 13.2. The number of ether oxygens (including phenoxy) is 1. The Morgan fingerprint density at radius 1 is 1.46 bits per heavy atom. The van der Waals surface area contributed by atoms with E-state index in [-0.39, 0.29) is 0 Å². The summed E-state index contributed by atoms with van der Waals surface area (Å²) in [5.74, 6) is -3.16. The maximum absolute atomic E-state index is 13.2. The molecule has 1 heterocycles. The van der Waals surface area contributed by atoms with Crippen LogP contribution in [0.5, 0.6) is 0 Å². The van der Waals surface area contributed by atoms with E-state index in [1.165, 1.54) is 0 Å². The Morgan fingerprint density at radius 3 is 2.46 bits per heavy atom. The molecule has 0 bridgehead atoms. The van der Waals surface area contributed by atoms with E-state index < -0.39 is 37.0 Å². The summed E-state index contributed by atoms with van der Waals surface area (Å²) in [4.78, 5) is 0. The van der Waals surface area contributed by atoms with Gasteiger partial charge in [0.15, 0.2) is 6.29 Å². The smallest absolute Gasteiger partial charge is 0.255 e. The zero-order chi connectivity index (χ0) is 10.2. The summed E-state index contributed by atoms with van der Waals surface area (Å²) < 4.78 is 17.7. The van der Waals surface area contributed by atoms with E-state index in [4.69, 9.17) is 26.2 Å². The normalized spacial score (nSPS) is 52.2. The molecule has 1 saturated heterocycles. The third kappa shape index (κ3) is 1.66. The van der Waals surface area contributed by atoms with Gasteiger partial charge in [-0.1, -0.05) is 0 Å². The van der Waals surface area contributed by atoms with Gasteiger partial charge in [-0.25, -0.2) is 4.39 Å². The fourth-order valence-electron chi connectivity index (χ4n) is 1.14. The molecule has 0 amide bonds. The van der Waals surface area contributed by atoms with Gasteiger partial charge in [-0.05, 0) is 0 Å². The number of hydrogen-bond donors (Lipinski definition) is 5. The number of aliphatic hydroxyl groups excluding tert-OH is 3. The van der Waals surface area contributed by atoms with Crippen LogP contribution in [0.2, 0.25) is 0 Å². The van der Waals surface area contributed by atoms with Crippen LogP contribution in [0.15, 0.2) is 0 Å². The zero-order valence-electron chi connectivity index (χ0n) is 6.67. The fraction of sp³-hybridized carbons (Fsp3) is 1.00. The summed E-state index contributed by atoms with van der Waals surface area (Å²) in [6, 6.07) is -1.76. The van der Waals surface area contributed by atoms with Gasteiger partial charge in [-0.2, -0.15) is 0 Å². The number of aliphatic hydroxyl groups is 4. The third-order valence-corrected chi connectivity index (χ3v) is 2.04. The molecule has 5 atom stereocenters. The van der Waals surface area contributed by atoms with Crippen LogP contribution < -0.4 is 5.73 Å². The second-order valence-corrected chi connectivity index (χ2v) is 2.95. The third-order valence-electron chi connectivity index (χ3n) is 2.04. The highest BCUT2D eigenvalue weighted by Crippen LogP contribution is 2.28. The van der Waals surface area contributed by atoms with Gasteiger partial charge in [-0.3, -0.25) is 0 Å². The molecule has 1 rings (SSSR count). The SMILES string of the molecule is N[C@H]1[C@H](O)O[C@H](CO)[C@@H](O)[C@@]1(O)F. The molecular weight excluding hydrogens is 185 g/mol. The van der Waals surface area contributed by atoms with Gasteiger partial charge < -0.3 is 30.9 Å². The van der Waals surface area contributed by atoms with Crippen LogP contribution in [0.25, 0.3) is 0 Å². The molecule has 6 N–H and O–H groups in total. The van der Waals surface area contributed by atoms with Crippen LogP contribution >= 0.6 is 0 Å². The molecule has 13 heavy (non-hydrogen) atoms. The highest BCUT2D eigenvalue weighted by Gasteiger charge is 2.54. The minimum atomic E-state index is -3.16. The summed E-state index contributed by atoms with van der Waals surface area (Å²) in [6.45, 7) is -0.725. The van der Waals surface area contributed by atoms with Crippen molar-refractivity contribution >= 4 is 0 Å². The van der Waals surface area contributed by atoms with Crippen molar-refractivity contribution < 1.29 is 29.6 Å². The van der Waals surface area contributed by atoms with Gasteiger partial charge in [-0.15, -0.1) is 0 Å². The highest BCUT2D eigenvalue weighted by atomic mass is 19.2. The van der Waals surface area contributed by atoms with E-state index in [1.54, 1.807) is 0 Å². The Hall–Kier alpha value is -0.310. The summed E-state index contributed by atoms with van der Waals surface area (Å²) in [6.07, 6.45) is -5.11. The molecule has 1 fully saturated rings. The Morgan fingerprint density at radius 2 is 2.00 bits per heavy atom. The molecular formula is C6H12FNO5. The predicted molar refractivity (Wildman–Crippen MR) is 38.0 cm³/mol. The second-order valence-electron chi connectivity index (χ2n) is 2.95. The van der Waals surface area contributed by atoms with Crippen molar-refractivity contribution in [2.45, 2.75) is 30.4 Å². The molecule has 6 nitrogen and oxygen atoms in total. The number of rotatable bonds is 1. The standard InChI is InChI=1S/C6H12FNO5/c7-6(12)3(8)5(11)13-2(1-9)4(6)10/h2-5,9-12H,1,8H2/t2-,3+,4-,5-,6-/m1/s1. The van der Waals surface area contributed by atoms with E-state index in [9.17, 15) is 4.39 Å². The molecule has 0 aromatic rings. The molecule has 0 unspecified atom stereocenters. The van der Waals surface area contributed by atoms with E-state index in [1.807, 2.05) is 0 Å². The zero-order valence-corrected chi connectivity index (χ0v) is 6.67. The van der Waals surface area contributed by atoms with Crippen LogP contribution in [0.3, 0.4) is 0 Å². The van der Waals surface area contributed by atoms with Crippen LogP contribution in [0.1, 0.15) is 0 Å². The first-order valence-corrected chi connectivity index (χ1v) is 3.70. The lowest BCUT2D eigenvalue weighted by atomic mass is 9.95. The maximum Gasteiger partial charge on any atom is 0.255 e. The molecule has 0 saturated carbocycles. The van der Waals surface area contributed by atoms with Crippen LogP contribution in [-0.2, 0) is 4.74 Å². The summed E-state index contributed by atoms with van der Waals surface area (Å²) in [5.41, 5.74) is 5.02. The largest absolute Gasteiger partial charge is 0.394 e. The van der Waals surface area contributed by atoms with Crippen molar-refractivity contribution in [1.82, 2.24) is 0 Å². The Balaban J connectivity index is 2.82. The van der Waals surface area contributed by atoms with Crippen molar-refractivity contribution in [3.63, 3.8) is 0 Å². The molecule has 0 aliphatic carbocycles. The van der Waals surface area contributed by atoms with Crippen molar-refractivity contribution in [2.75, 3.05) is 6.61 Å². The molecule has 0 aromatic heterocycles.